The number of nitrogens with one attached hydrogen (secondary N) is 1. The van der Waals surface area contributed by atoms with Crippen molar-refractivity contribution in [2.45, 2.75) is 63.5 Å². The Bertz CT molecular complexity index is 693. The van der Waals surface area contributed by atoms with Crippen LogP contribution >= 0.6 is 0 Å². The van der Waals surface area contributed by atoms with Gasteiger partial charge in [-0.05, 0) is 54.7 Å². The highest BCUT2D eigenvalue weighted by Crippen LogP contribution is 2.35. The van der Waals surface area contributed by atoms with Crippen LogP contribution in [0.2, 0.25) is 0 Å². The van der Waals surface area contributed by atoms with Crippen molar-refractivity contribution < 1.29 is 9.90 Å². The first-order valence-electron chi connectivity index (χ1n) is 10.6. The molecule has 146 valence electrons. The Morgan fingerprint density at radius 3 is 2.48 bits per heavy atom. The lowest BCUT2D eigenvalue weighted by Crippen LogP contribution is -2.65. The fourth-order valence-electron chi connectivity index (χ4n) is 4.85. The molecule has 3 atom stereocenters. The molecule has 4 rings (SSSR count). The van der Waals surface area contributed by atoms with Gasteiger partial charge in [0.05, 0.1) is 6.61 Å². The summed E-state index contributed by atoms with van der Waals surface area (Å²) in [6.45, 7) is 3.44. The number of aliphatic hydroxyl groups excluding tert-OH is 1. The van der Waals surface area contributed by atoms with Gasteiger partial charge in [-0.15, -0.1) is 0 Å². The highest BCUT2D eigenvalue weighted by atomic mass is 16.3. The maximum absolute atomic E-state index is 12.1. The van der Waals surface area contributed by atoms with Gasteiger partial charge in [0.1, 0.15) is 0 Å². The van der Waals surface area contributed by atoms with Crippen molar-refractivity contribution in [1.29, 1.82) is 0 Å². The molecule has 27 heavy (non-hydrogen) atoms. The molecule has 1 saturated heterocycles. The van der Waals surface area contributed by atoms with E-state index in [9.17, 15) is 9.90 Å². The summed E-state index contributed by atoms with van der Waals surface area (Å²) in [5, 5.41) is 13.2. The topological polar surface area (TPSA) is 52.6 Å². The summed E-state index contributed by atoms with van der Waals surface area (Å²) in [6, 6.07) is 9.21. The highest BCUT2D eigenvalue weighted by Gasteiger charge is 2.42. The van der Waals surface area contributed by atoms with Crippen LogP contribution in [0.25, 0.3) is 5.57 Å². The molecule has 1 heterocycles. The fourth-order valence-corrected chi connectivity index (χ4v) is 4.85. The zero-order valence-electron chi connectivity index (χ0n) is 16.4. The van der Waals surface area contributed by atoms with E-state index in [-0.39, 0.29) is 30.5 Å². The molecule has 0 radical (unpaired) electrons. The molecule has 2 fully saturated rings. The first-order valence-corrected chi connectivity index (χ1v) is 10.6. The Kier molecular flexibility index (Phi) is 5.65. The van der Waals surface area contributed by atoms with E-state index in [1.807, 2.05) is 4.90 Å². The molecule has 0 unspecified atom stereocenters. The lowest BCUT2D eigenvalue weighted by atomic mass is 9.77. The van der Waals surface area contributed by atoms with Gasteiger partial charge in [-0.3, -0.25) is 4.79 Å². The summed E-state index contributed by atoms with van der Waals surface area (Å²) < 4.78 is 0. The summed E-state index contributed by atoms with van der Waals surface area (Å²) in [7, 11) is 0. The van der Waals surface area contributed by atoms with Crippen molar-refractivity contribution in [2.24, 2.45) is 5.92 Å². The zero-order valence-corrected chi connectivity index (χ0v) is 16.4. The second-order valence-electron chi connectivity index (χ2n) is 8.55. The molecule has 1 aliphatic heterocycles. The van der Waals surface area contributed by atoms with Crippen molar-refractivity contribution in [1.82, 2.24) is 10.2 Å². The van der Waals surface area contributed by atoms with Crippen LogP contribution in [0.5, 0.6) is 0 Å². The molecule has 0 spiro atoms. The number of aliphatic hydroxyl groups is 1. The lowest BCUT2D eigenvalue weighted by Gasteiger charge is -2.48. The molecule has 1 aromatic carbocycles. The summed E-state index contributed by atoms with van der Waals surface area (Å²) >= 11 is 0. The van der Waals surface area contributed by atoms with E-state index in [2.05, 4.69) is 35.7 Å². The quantitative estimate of drug-likeness (QED) is 0.776. The average molecular weight is 369 g/mol. The lowest BCUT2D eigenvalue weighted by molar-refractivity contribution is -0.130. The molecule has 4 heteroatoms. The van der Waals surface area contributed by atoms with Gasteiger partial charge in [0.15, 0.2) is 0 Å². The van der Waals surface area contributed by atoms with Gasteiger partial charge in [-0.1, -0.05) is 36.8 Å². The summed E-state index contributed by atoms with van der Waals surface area (Å²) in [5.41, 5.74) is 4.06. The van der Waals surface area contributed by atoms with Gasteiger partial charge in [-0.2, -0.15) is 0 Å². The van der Waals surface area contributed by atoms with Crippen LogP contribution < -0.4 is 5.32 Å². The first kappa shape index (κ1) is 18.7. The number of carbonyl (C=O) groups excluding carboxylic acids is 1. The molecule has 2 N–H and O–H groups in total. The third kappa shape index (κ3) is 3.97. The van der Waals surface area contributed by atoms with Gasteiger partial charge < -0.3 is 15.3 Å². The van der Waals surface area contributed by atoms with Crippen LogP contribution in [0.3, 0.4) is 0 Å². The van der Waals surface area contributed by atoms with Gasteiger partial charge >= 0.3 is 0 Å². The first-order chi connectivity index (χ1) is 13.2. The molecular weight excluding hydrogens is 336 g/mol. The van der Waals surface area contributed by atoms with Gasteiger partial charge in [0, 0.05) is 38.0 Å². The van der Waals surface area contributed by atoms with Crippen molar-refractivity contribution in [3.05, 3.63) is 41.5 Å². The van der Waals surface area contributed by atoms with E-state index in [0.717, 1.165) is 13.1 Å². The number of rotatable bonds is 7. The molecule has 3 aliphatic rings. The minimum Gasteiger partial charge on any atom is -0.395 e. The Hall–Kier alpha value is -1.65. The Balaban J connectivity index is 1.44. The summed E-state index contributed by atoms with van der Waals surface area (Å²) in [4.78, 5) is 14.1. The molecule has 1 amide bonds. The molecular formula is C23H32N2O2. The number of nitrogens with zero attached hydrogens (tertiary/aromatic N) is 1. The molecule has 0 aromatic heterocycles. The third-order valence-electron chi connectivity index (χ3n) is 6.76. The highest BCUT2D eigenvalue weighted by molar-refractivity contribution is 5.73. The monoisotopic (exact) mass is 368 g/mol. The maximum atomic E-state index is 12.1. The summed E-state index contributed by atoms with van der Waals surface area (Å²) in [6.07, 6.45) is 9.80. The standard InChI is InChI=1S/C23H32N2O2/c1-16(27)25(13-17-5-4-6-17)14-21-23(22(15-26)24-21)20-11-9-19(10-12-20)18-7-2-3-8-18/h7,9-12,17,21-24,26H,2-6,8,13-15H2,1H3/t21-,22-,23-/m0/s1. The van der Waals surface area contributed by atoms with Crippen LogP contribution in [0.4, 0.5) is 0 Å². The van der Waals surface area contributed by atoms with Crippen LogP contribution in [0.15, 0.2) is 30.3 Å². The Morgan fingerprint density at radius 1 is 1.15 bits per heavy atom. The Labute approximate surface area is 162 Å². The smallest absolute Gasteiger partial charge is 0.219 e. The van der Waals surface area contributed by atoms with Crippen LogP contribution in [-0.2, 0) is 4.79 Å². The minimum atomic E-state index is 0.0871. The van der Waals surface area contributed by atoms with E-state index in [1.54, 1.807) is 6.92 Å². The number of hydrogen-bond acceptors (Lipinski definition) is 3. The van der Waals surface area contributed by atoms with E-state index in [1.165, 1.54) is 55.2 Å². The van der Waals surface area contributed by atoms with E-state index >= 15 is 0 Å². The third-order valence-corrected chi connectivity index (χ3v) is 6.76. The number of amides is 1. The van der Waals surface area contributed by atoms with Crippen LogP contribution in [0.1, 0.15) is 62.5 Å². The molecule has 4 nitrogen and oxygen atoms in total. The van der Waals surface area contributed by atoms with Crippen molar-refractivity contribution in [2.75, 3.05) is 19.7 Å². The van der Waals surface area contributed by atoms with Gasteiger partial charge in [0.2, 0.25) is 5.91 Å². The number of allylic oxidation sites excluding steroid dienone is 2. The second kappa shape index (κ2) is 8.15. The van der Waals surface area contributed by atoms with Crippen molar-refractivity contribution >= 4 is 11.5 Å². The summed E-state index contributed by atoms with van der Waals surface area (Å²) in [5.74, 6) is 1.11. The predicted octanol–water partition coefficient (Wildman–Crippen LogP) is 3.32. The molecule has 1 aromatic rings. The van der Waals surface area contributed by atoms with Crippen molar-refractivity contribution in [3.63, 3.8) is 0 Å². The Morgan fingerprint density at radius 2 is 1.93 bits per heavy atom. The number of carbonyl (C=O) groups is 1. The van der Waals surface area contributed by atoms with Crippen LogP contribution in [0, 0.1) is 5.92 Å². The zero-order chi connectivity index (χ0) is 18.8. The van der Waals surface area contributed by atoms with E-state index < -0.39 is 0 Å². The molecule has 0 bridgehead atoms. The maximum Gasteiger partial charge on any atom is 0.219 e. The minimum absolute atomic E-state index is 0.0871. The molecule has 1 saturated carbocycles. The van der Waals surface area contributed by atoms with Crippen molar-refractivity contribution in [3.8, 4) is 0 Å². The average Bonchev–Trinajstić information content (AvgIpc) is 3.14. The fraction of sp³-hybridized carbons (Fsp3) is 0.609. The van der Waals surface area contributed by atoms with E-state index in [0.29, 0.717) is 5.92 Å². The predicted molar refractivity (Wildman–Crippen MR) is 108 cm³/mol. The second-order valence-corrected chi connectivity index (χ2v) is 8.55. The number of hydrogen-bond donors (Lipinski definition) is 2. The van der Waals surface area contributed by atoms with E-state index in [4.69, 9.17) is 0 Å². The van der Waals surface area contributed by atoms with Gasteiger partial charge in [-0.25, -0.2) is 0 Å². The largest absolute Gasteiger partial charge is 0.395 e. The van der Waals surface area contributed by atoms with Crippen LogP contribution in [-0.4, -0.2) is 47.7 Å². The SMILES string of the molecule is CC(=O)N(CC1CCC1)C[C@@H]1N[C@@H](CO)[C@H]1c1ccc(C2=CCCC2)cc1. The number of benzene rings is 1. The normalized spacial score (nSPS) is 27.6. The molecule has 2 aliphatic carbocycles. The van der Waals surface area contributed by atoms with Gasteiger partial charge in [0.25, 0.3) is 0 Å².